The lowest BCUT2D eigenvalue weighted by Crippen LogP contribution is -2.45. The Morgan fingerprint density at radius 1 is 1.38 bits per heavy atom. The van der Waals surface area contributed by atoms with Gasteiger partial charge in [-0.1, -0.05) is 6.07 Å². The molecule has 3 amide bonds. The third-order valence-electron chi connectivity index (χ3n) is 4.84. The number of benzene rings is 1. The highest BCUT2D eigenvalue weighted by atomic mass is 19.1. The molecule has 9 heteroatoms. The van der Waals surface area contributed by atoms with E-state index in [0.717, 1.165) is 25.0 Å². The smallest absolute Gasteiger partial charge is 0.322 e. The summed E-state index contributed by atoms with van der Waals surface area (Å²) in [5.74, 6) is -1.44. The van der Waals surface area contributed by atoms with Crippen molar-refractivity contribution in [2.24, 2.45) is 0 Å². The number of amides is 3. The fraction of sp³-hybridized carbons (Fsp3) is 0.350. The van der Waals surface area contributed by atoms with E-state index < -0.39 is 29.6 Å². The highest BCUT2D eigenvalue weighted by Crippen LogP contribution is 2.33. The maximum Gasteiger partial charge on any atom is 0.322 e. The normalized spacial score (nSPS) is 16.7. The molecule has 0 radical (unpaired) electrons. The topological polar surface area (TPSA) is 83.6 Å². The number of hydrogen-bond donors (Lipinski definition) is 2. The first-order valence-electron chi connectivity index (χ1n) is 9.35. The molecular formula is C20H20F2N4O3. The van der Waals surface area contributed by atoms with Crippen molar-refractivity contribution in [3.63, 3.8) is 0 Å². The van der Waals surface area contributed by atoms with Gasteiger partial charge in [-0.2, -0.15) is 0 Å². The molecule has 1 fully saturated rings. The summed E-state index contributed by atoms with van der Waals surface area (Å²) in [6, 6.07) is 3.76. The number of nitrogens with zero attached hydrogens (tertiary/aromatic N) is 2. The zero-order valence-corrected chi connectivity index (χ0v) is 15.7. The SMILES string of the molecule is C[C@H](NC(=O)CN1Cc2c(ccnc2OC2CC2)NC1=O)c1ccc(F)cc1F. The largest absolute Gasteiger partial charge is 0.474 e. The fourth-order valence-electron chi connectivity index (χ4n) is 3.16. The van der Waals surface area contributed by atoms with E-state index in [-0.39, 0.29) is 24.8 Å². The van der Waals surface area contributed by atoms with Crippen LogP contribution in [-0.2, 0) is 11.3 Å². The number of carbonyl (C=O) groups is 2. The summed E-state index contributed by atoms with van der Waals surface area (Å²) in [5.41, 5.74) is 1.49. The summed E-state index contributed by atoms with van der Waals surface area (Å²) in [7, 11) is 0. The molecule has 2 heterocycles. The molecule has 1 aromatic heterocycles. The minimum absolute atomic E-state index is 0.148. The predicted molar refractivity (Wildman–Crippen MR) is 100 cm³/mol. The highest BCUT2D eigenvalue weighted by molar-refractivity contribution is 5.95. The van der Waals surface area contributed by atoms with E-state index in [1.165, 1.54) is 11.0 Å². The molecule has 1 aliphatic heterocycles. The van der Waals surface area contributed by atoms with Crippen molar-refractivity contribution < 1.29 is 23.1 Å². The Bertz CT molecular complexity index is 965. The van der Waals surface area contributed by atoms with Crippen molar-refractivity contribution >= 4 is 17.6 Å². The van der Waals surface area contributed by atoms with E-state index in [9.17, 15) is 18.4 Å². The van der Waals surface area contributed by atoms with Crippen LogP contribution in [0.2, 0.25) is 0 Å². The summed E-state index contributed by atoms with van der Waals surface area (Å²) in [5, 5.41) is 5.37. The highest BCUT2D eigenvalue weighted by Gasteiger charge is 2.31. The van der Waals surface area contributed by atoms with Gasteiger partial charge in [0.2, 0.25) is 11.8 Å². The van der Waals surface area contributed by atoms with Crippen LogP contribution in [0.4, 0.5) is 19.3 Å². The van der Waals surface area contributed by atoms with Crippen molar-refractivity contribution in [3.8, 4) is 5.88 Å². The molecule has 0 unspecified atom stereocenters. The van der Waals surface area contributed by atoms with Crippen LogP contribution in [-0.4, -0.2) is 34.5 Å². The number of halogens is 2. The van der Waals surface area contributed by atoms with Crippen molar-refractivity contribution in [2.45, 2.75) is 38.5 Å². The van der Waals surface area contributed by atoms with Crippen molar-refractivity contribution in [1.29, 1.82) is 0 Å². The average Bonchev–Trinajstić information content (AvgIpc) is 3.46. The van der Waals surface area contributed by atoms with Crippen molar-refractivity contribution in [2.75, 3.05) is 11.9 Å². The van der Waals surface area contributed by atoms with Gasteiger partial charge in [-0.05, 0) is 31.9 Å². The van der Waals surface area contributed by atoms with Gasteiger partial charge in [0.1, 0.15) is 24.3 Å². The number of aromatic nitrogens is 1. The zero-order valence-electron chi connectivity index (χ0n) is 15.7. The molecule has 4 rings (SSSR count). The Kier molecular flexibility index (Phi) is 5.04. The Balaban J connectivity index is 1.42. The molecule has 29 heavy (non-hydrogen) atoms. The number of rotatable bonds is 6. The Morgan fingerprint density at radius 2 is 2.17 bits per heavy atom. The lowest BCUT2D eigenvalue weighted by atomic mass is 10.1. The van der Waals surface area contributed by atoms with E-state index in [4.69, 9.17) is 4.74 Å². The number of pyridine rings is 1. The maximum atomic E-state index is 13.9. The van der Waals surface area contributed by atoms with Gasteiger partial charge < -0.3 is 20.3 Å². The predicted octanol–water partition coefficient (Wildman–Crippen LogP) is 3.13. The first kappa shape index (κ1) is 19.1. The second kappa shape index (κ2) is 7.65. The number of anilines is 1. The van der Waals surface area contributed by atoms with Crippen LogP contribution in [0.5, 0.6) is 5.88 Å². The molecule has 2 aromatic rings. The minimum atomic E-state index is -0.740. The van der Waals surface area contributed by atoms with Crippen LogP contribution >= 0.6 is 0 Å². The standard InChI is InChI=1S/C20H20F2N4O3/c1-11(14-5-2-12(21)8-16(14)22)24-18(27)10-26-9-15-17(25-20(26)28)6-7-23-19(15)29-13-3-4-13/h2,5-8,11,13H,3-4,9-10H2,1H3,(H,24,27)(H,25,28)/t11-/m0/s1. The molecule has 0 spiro atoms. The summed E-state index contributed by atoms with van der Waals surface area (Å²) < 4.78 is 32.8. The van der Waals surface area contributed by atoms with Gasteiger partial charge in [0.05, 0.1) is 23.8 Å². The van der Waals surface area contributed by atoms with E-state index in [1.54, 1.807) is 19.2 Å². The second-order valence-electron chi connectivity index (χ2n) is 7.20. The summed E-state index contributed by atoms with van der Waals surface area (Å²) in [6.45, 7) is 1.53. The molecule has 2 aliphatic rings. The van der Waals surface area contributed by atoms with Crippen LogP contribution < -0.4 is 15.4 Å². The van der Waals surface area contributed by atoms with Crippen LogP contribution in [0.3, 0.4) is 0 Å². The lowest BCUT2D eigenvalue weighted by Gasteiger charge is -2.30. The van der Waals surface area contributed by atoms with Crippen LogP contribution in [0, 0.1) is 11.6 Å². The third kappa shape index (κ3) is 4.28. The Labute approximate surface area is 166 Å². The molecule has 0 saturated heterocycles. The molecule has 1 aromatic carbocycles. The van der Waals surface area contributed by atoms with E-state index in [0.29, 0.717) is 17.1 Å². The van der Waals surface area contributed by atoms with Gasteiger partial charge in [-0.25, -0.2) is 18.6 Å². The summed E-state index contributed by atoms with van der Waals surface area (Å²) >= 11 is 0. The summed E-state index contributed by atoms with van der Waals surface area (Å²) in [6.07, 6.45) is 3.66. The quantitative estimate of drug-likeness (QED) is 0.778. The number of hydrogen-bond acceptors (Lipinski definition) is 4. The molecule has 0 bridgehead atoms. The van der Waals surface area contributed by atoms with Gasteiger partial charge in [0, 0.05) is 17.8 Å². The van der Waals surface area contributed by atoms with Crippen LogP contribution in [0.1, 0.15) is 36.9 Å². The first-order valence-corrected chi connectivity index (χ1v) is 9.35. The van der Waals surface area contributed by atoms with E-state index in [1.807, 2.05) is 0 Å². The van der Waals surface area contributed by atoms with Crippen molar-refractivity contribution in [3.05, 3.63) is 53.2 Å². The molecule has 1 saturated carbocycles. The molecular weight excluding hydrogens is 382 g/mol. The molecule has 1 atom stereocenters. The number of ether oxygens (including phenoxy) is 1. The third-order valence-corrected chi connectivity index (χ3v) is 4.84. The maximum absolute atomic E-state index is 13.9. The number of nitrogens with one attached hydrogen (secondary N) is 2. The van der Waals surface area contributed by atoms with E-state index >= 15 is 0 Å². The van der Waals surface area contributed by atoms with Gasteiger partial charge >= 0.3 is 6.03 Å². The Hall–Kier alpha value is -3.23. The molecule has 1 aliphatic carbocycles. The van der Waals surface area contributed by atoms with Crippen molar-refractivity contribution in [1.82, 2.24) is 15.2 Å². The summed E-state index contributed by atoms with van der Waals surface area (Å²) in [4.78, 5) is 30.4. The van der Waals surface area contributed by atoms with Crippen LogP contribution in [0.25, 0.3) is 0 Å². The lowest BCUT2D eigenvalue weighted by molar-refractivity contribution is -0.122. The fourth-order valence-corrected chi connectivity index (χ4v) is 3.16. The number of fused-ring (bicyclic) bond motifs is 1. The zero-order chi connectivity index (χ0) is 20.5. The first-order chi connectivity index (χ1) is 13.9. The van der Waals surface area contributed by atoms with Gasteiger partial charge in [-0.3, -0.25) is 4.79 Å². The second-order valence-corrected chi connectivity index (χ2v) is 7.20. The van der Waals surface area contributed by atoms with E-state index in [2.05, 4.69) is 15.6 Å². The number of urea groups is 1. The van der Waals surface area contributed by atoms with Gasteiger partial charge in [0.15, 0.2) is 0 Å². The Morgan fingerprint density at radius 3 is 2.90 bits per heavy atom. The molecule has 2 N–H and O–H groups in total. The van der Waals surface area contributed by atoms with Crippen LogP contribution in [0.15, 0.2) is 30.5 Å². The van der Waals surface area contributed by atoms with Gasteiger partial charge in [0.25, 0.3) is 0 Å². The molecule has 7 nitrogen and oxygen atoms in total. The monoisotopic (exact) mass is 402 g/mol. The number of carbonyl (C=O) groups excluding carboxylic acids is 2. The molecule has 152 valence electrons. The van der Waals surface area contributed by atoms with Gasteiger partial charge in [-0.15, -0.1) is 0 Å². The minimum Gasteiger partial charge on any atom is -0.474 e. The average molecular weight is 402 g/mol.